The molecule has 1 unspecified atom stereocenters. The van der Waals surface area contributed by atoms with Gasteiger partial charge in [-0.25, -0.2) is 9.78 Å². The summed E-state index contributed by atoms with van der Waals surface area (Å²) in [7, 11) is 0. The summed E-state index contributed by atoms with van der Waals surface area (Å²) in [6, 6.07) is 0. The minimum atomic E-state index is -0.410. The minimum absolute atomic E-state index is 0.182. The summed E-state index contributed by atoms with van der Waals surface area (Å²) in [6.45, 7) is 8.44. The standard InChI is InChI=1S/C15H23NO3/c1-5-18-14(17)12-10(2)16-13(19-12)11-8-6-7-9-15(11,3)4/h11H,5-9H2,1-4H3. The van der Waals surface area contributed by atoms with Gasteiger partial charge in [-0.2, -0.15) is 0 Å². The number of aromatic nitrogens is 1. The molecule has 1 heterocycles. The Morgan fingerprint density at radius 3 is 2.84 bits per heavy atom. The van der Waals surface area contributed by atoms with E-state index < -0.39 is 5.97 Å². The monoisotopic (exact) mass is 265 g/mol. The first-order valence-electron chi connectivity index (χ1n) is 7.10. The zero-order valence-corrected chi connectivity index (χ0v) is 12.3. The van der Waals surface area contributed by atoms with Gasteiger partial charge >= 0.3 is 5.97 Å². The number of esters is 1. The van der Waals surface area contributed by atoms with Gasteiger partial charge in [0.1, 0.15) is 0 Å². The molecule has 0 bridgehead atoms. The van der Waals surface area contributed by atoms with Gasteiger partial charge in [0.25, 0.3) is 0 Å². The van der Waals surface area contributed by atoms with Crippen molar-refractivity contribution in [2.24, 2.45) is 5.41 Å². The zero-order chi connectivity index (χ0) is 14.0. The average Bonchev–Trinajstić information content (AvgIpc) is 2.71. The van der Waals surface area contributed by atoms with E-state index in [2.05, 4.69) is 18.8 Å². The molecule has 2 rings (SSSR count). The van der Waals surface area contributed by atoms with Crippen LogP contribution in [0.3, 0.4) is 0 Å². The van der Waals surface area contributed by atoms with Crippen molar-refractivity contribution in [3.63, 3.8) is 0 Å². The second-order valence-corrected chi connectivity index (χ2v) is 5.97. The lowest BCUT2D eigenvalue weighted by molar-refractivity contribution is 0.0482. The molecule has 106 valence electrons. The number of hydrogen-bond acceptors (Lipinski definition) is 4. The normalized spacial score (nSPS) is 22.2. The molecule has 0 N–H and O–H groups in total. The zero-order valence-electron chi connectivity index (χ0n) is 12.3. The van der Waals surface area contributed by atoms with Crippen LogP contribution in [0.1, 0.15) is 74.5 Å². The number of oxazole rings is 1. The van der Waals surface area contributed by atoms with Crippen LogP contribution < -0.4 is 0 Å². The molecule has 4 heteroatoms. The van der Waals surface area contributed by atoms with E-state index >= 15 is 0 Å². The molecule has 0 radical (unpaired) electrons. The molecular weight excluding hydrogens is 242 g/mol. The van der Waals surface area contributed by atoms with E-state index in [1.54, 1.807) is 13.8 Å². The lowest BCUT2D eigenvalue weighted by atomic mass is 9.69. The van der Waals surface area contributed by atoms with E-state index in [9.17, 15) is 4.79 Å². The fourth-order valence-electron chi connectivity index (χ4n) is 2.90. The number of aryl methyl sites for hydroxylation is 1. The number of nitrogens with zero attached hydrogens (tertiary/aromatic N) is 1. The molecule has 19 heavy (non-hydrogen) atoms. The third-order valence-corrected chi connectivity index (χ3v) is 4.08. The van der Waals surface area contributed by atoms with Gasteiger partial charge in [0.05, 0.1) is 12.3 Å². The molecular formula is C15H23NO3. The minimum Gasteiger partial charge on any atom is -0.460 e. The lowest BCUT2D eigenvalue weighted by Crippen LogP contribution is -2.26. The second-order valence-electron chi connectivity index (χ2n) is 5.97. The van der Waals surface area contributed by atoms with Gasteiger partial charge in [-0.1, -0.05) is 26.7 Å². The van der Waals surface area contributed by atoms with E-state index in [1.165, 1.54) is 19.3 Å². The van der Waals surface area contributed by atoms with Crippen LogP contribution in [0.4, 0.5) is 0 Å². The van der Waals surface area contributed by atoms with Crippen LogP contribution >= 0.6 is 0 Å². The Morgan fingerprint density at radius 2 is 2.21 bits per heavy atom. The van der Waals surface area contributed by atoms with Crippen LogP contribution in [0.5, 0.6) is 0 Å². The van der Waals surface area contributed by atoms with Crippen LogP contribution in [0, 0.1) is 12.3 Å². The lowest BCUT2D eigenvalue weighted by Gasteiger charge is -2.36. The number of carbonyl (C=O) groups is 1. The SMILES string of the molecule is CCOC(=O)c1oc(C2CCCCC2(C)C)nc1C. The van der Waals surface area contributed by atoms with Crippen molar-refractivity contribution in [3.8, 4) is 0 Å². The van der Waals surface area contributed by atoms with Gasteiger partial charge in [0, 0.05) is 5.92 Å². The molecule has 1 aromatic rings. The Labute approximate surface area is 114 Å². The highest BCUT2D eigenvalue weighted by molar-refractivity contribution is 5.87. The van der Waals surface area contributed by atoms with E-state index in [4.69, 9.17) is 9.15 Å². The maximum atomic E-state index is 11.8. The number of hydrogen-bond donors (Lipinski definition) is 0. The van der Waals surface area contributed by atoms with Crippen LogP contribution in [-0.2, 0) is 4.74 Å². The first-order valence-corrected chi connectivity index (χ1v) is 7.10. The Morgan fingerprint density at radius 1 is 1.47 bits per heavy atom. The first-order chi connectivity index (χ1) is 8.95. The smallest absolute Gasteiger partial charge is 0.376 e. The van der Waals surface area contributed by atoms with Gasteiger partial charge in [-0.3, -0.25) is 0 Å². The van der Waals surface area contributed by atoms with Crippen molar-refractivity contribution < 1.29 is 13.9 Å². The molecule has 1 aliphatic carbocycles. The largest absolute Gasteiger partial charge is 0.460 e. The Kier molecular flexibility index (Phi) is 3.97. The number of carbonyl (C=O) groups excluding carboxylic acids is 1. The Bertz CT molecular complexity index is 462. The number of rotatable bonds is 3. The summed E-state index contributed by atoms with van der Waals surface area (Å²) in [5.41, 5.74) is 0.816. The highest BCUT2D eigenvalue weighted by Gasteiger charge is 2.37. The van der Waals surface area contributed by atoms with Gasteiger partial charge in [-0.15, -0.1) is 0 Å². The molecule has 0 aromatic carbocycles. The summed E-state index contributed by atoms with van der Waals surface area (Å²) in [5.74, 6) is 0.846. The molecule has 1 fully saturated rings. The van der Waals surface area contributed by atoms with E-state index in [0.29, 0.717) is 24.1 Å². The van der Waals surface area contributed by atoms with Gasteiger partial charge in [-0.05, 0) is 32.1 Å². The van der Waals surface area contributed by atoms with Crippen molar-refractivity contribution in [1.82, 2.24) is 4.98 Å². The van der Waals surface area contributed by atoms with Crippen LogP contribution in [0.25, 0.3) is 0 Å². The van der Waals surface area contributed by atoms with Crippen molar-refractivity contribution in [1.29, 1.82) is 0 Å². The van der Waals surface area contributed by atoms with Crippen LogP contribution in [-0.4, -0.2) is 17.6 Å². The van der Waals surface area contributed by atoms with Crippen LogP contribution in [0.2, 0.25) is 0 Å². The average molecular weight is 265 g/mol. The third-order valence-electron chi connectivity index (χ3n) is 4.08. The molecule has 1 aliphatic rings. The predicted octanol–water partition coefficient (Wildman–Crippen LogP) is 3.84. The Balaban J connectivity index is 2.26. The first kappa shape index (κ1) is 14.1. The maximum absolute atomic E-state index is 11.8. The molecule has 0 amide bonds. The predicted molar refractivity (Wildman–Crippen MR) is 72.2 cm³/mol. The maximum Gasteiger partial charge on any atom is 0.376 e. The number of ether oxygens (including phenoxy) is 1. The summed E-state index contributed by atoms with van der Waals surface area (Å²) in [4.78, 5) is 16.2. The highest BCUT2D eigenvalue weighted by atomic mass is 16.5. The van der Waals surface area contributed by atoms with Gasteiger partial charge in [0.15, 0.2) is 5.89 Å². The topological polar surface area (TPSA) is 52.3 Å². The van der Waals surface area contributed by atoms with Crippen molar-refractivity contribution >= 4 is 5.97 Å². The van der Waals surface area contributed by atoms with Crippen LogP contribution in [0.15, 0.2) is 4.42 Å². The summed E-state index contributed by atoms with van der Waals surface area (Å²) in [5, 5.41) is 0. The quantitative estimate of drug-likeness (QED) is 0.779. The molecule has 4 nitrogen and oxygen atoms in total. The molecule has 1 atom stereocenters. The van der Waals surface area contributed by atoms with Gasteiger partial charge in [0.2, 0.25) is 5.76 Å². The molecule has 0 aliphatic heterocycles. The molecule has 0 spiro atoms. The second kappa shape index (κ2) is 5.35. The fraction of sp³-hybridized carbons (Fsp3) is 0.733. The third kappa shape index (κ3) is 2.82. The summed E-state index contributed by atoms with van der Waals surface area (Å²) < 4.78 is 10.7. The highest BCUT2D eigenvalue weighted by Crippen LogP contribution is 2.46. The van der Waals surface area contributed by atoms with E-state index in [1.807, 2.05) is 0 Å². The molecule has 1 saturated carbocycles. The molecule has 0 saturated heterocycles. The van der Waals surface area contributed by atoms with Crippen molar-refractivity contribution in [2.75, 3.05) is 6.61 Å². The van der Waals surface area contributed by atoms with Gasteiger partial charge < -0.3 is 9.15 Å². The van der Waals surface area contributed by atoms with Crippen molar-refractivity contribution in [2.45, 2.75) is 59.3 Å². The summed E-state index contributed by atoms with van der Waals surface area (Å²) >= 11 is 0. The van der Waals surface area contributed by atoms with Crippen molar-refractivity contribution in [3.05, 3.63) is 17.3 Å². The fourth-order valence-corrected chi connectivity index (χ4v) is 2.90. The van der Waals surface area contributed by atoms with E-state index in [-0.39, 0.29) is 11.2 Å². The summed E-state index contributed by atoms with van der Waals surface area (Å²) in [6.07, 6.45) is 4.71. The van der Waals surface area contributed by atoms with E-state index in [0.717, 1.165) is 6.42 Å². The molecule has 1 aromatic heterocycles. The Hall–Kier alpha value is -1.32.